The van der Waals surface area contributed by atoms with Crippen LogP contribution in [0.4, 0.5) is 5.82 Å². The lowest BCUT2D eigenvalue weighted by molar-refractivity contribution is 0.534. The van der Waals surface area contributed by atoms with Gasteiger partial charge in [0.1, 0.15) is 22.7 Å². The molecule has 0 spiro atoms. The van der Waals surface area contributed by atoms with Gasteiger partial charge in [-0.25, -0.2) is 9.97 Å². The van der Waals surface area contributed by atoms with Gasteiger partial charge in [0.2, 0.25) is 0 Å². The second kappa shape index (κ2) is 7.56. The van der Waals surface area contributed by atoms with Crippen LogP contribution in [0.1, 0.15) is 45.6 Å². The van der Waals surface area contributed by atoms with Crippen LogP contribution in [-0.4, -0.2) is 35.9 Å². The van der Waals surface area contributed by atoms with Crippen LogP contribution in [0.25, 0.3) is 22.6 Å². The minimum atomic E-state index is 0.300. The van der Waals surface area contributed by atoms with Gasteiger partial charge in [-0.15, -0.1) is 0 Å². The molecule has 0 aliphatic heterocycles. The molecule has 7 nitrogen and oxygen atoms in total. The van der Waals surface area contributed by atoms with Crippen molar-refractivity contribution >= 4 is 34.3 Å². The van der Waals surface area contributed by atoms with Crippen molar-refractivity contribution in [3.8, 4) is 11.4 Å². The lowest BCUT2D eigenvalue weighted by Gasteiger charge is -2.15. The van der Waals surface area contributed by atoms with Crippen molar-refractivity contribution in [3.05, 3.63) is 30.6 Å². The fourth-order valence-electron chi connectivity index (χ4n) is 3.26. The third kappa shape index (κ3) is 4.05. The molecular weight excluding hydrogens is 358 g/mol. The van der Waals surface area contributed by atoms with E-state index in [0.29, 0.717) is 34.4 Å². The van der Waals surface area contributed by atoms with Crippen LogP contribution in [0.2, 0.25) is 0 Å². The minimum Gasteiger partial charge on any atom is -0.360 e. The van der Waals surface area contributed by atoms with E-state index in [4.69, 9.17) is 12.2 Å². The summed E-state index contributed by atoms with van der Waals surface area (Å²) in [5.41, 5.74) is 2.80. The fourth-order valence-corrected chi connectivity index (χ4v) is 3.53. The first-order chi connectivity index (χ1) is 13.1. The van der Waals surface area contributed by atoms with Crippen molar-refractivity contribution in [2.24, 2.45) is 0 Å². The molecule has 1 aliphatic rings. The molecular formula is C19H23N7S. The van der Waals surface area contributed by atoms with E-state index in [0.717, 1.165) is 11.2 Å². The monoisotopic (exact) mass is 381 g/mol. The van der Waals surface area contributed by atoms with E-state index in [-0.39, 0.29) is 0 Å². The molecule has 8 heteroatoms. The lowest BCUT2D eigenvalue weighted by Crippen LogP contribution is -2.36. The summed E-state index contributed by atoms with van der Waals surface area (Å²) in [5, 5.41) is 11.7. The van der Waals surface area contributed by atoms with Gasteiger partial charge in [-0.2, -0.15) is 5.10 Å². The average Bonchev–Trinajstić information content (AvgIpc) is 3.33. The molecule has 3 aromatic heterocycles. The number of anilines is 1. The van der Waals surface area contributed by atoms with Gasteiger partial charge in [0.15, 0.2) is 10.8 Å². The third-order valence-corrected chi connectivity index (χ3v) is 4.96. The van der Waals surface area contributed by atoms with Crippen molar-refractivity contribution in [1.82, 2.24) is 30.0 Å². The summed E-state index contributed by atoms with van der Waals surface area (Å²) < 4.78 is 1.90. The molecule has 0 amide bonds. The molecule has 3 aromatic rings. The molecule has 27 heavy (non-hydrogen) atoms. The van der Waals surface area contributed by atoms with Gasteiger partial charge in [-0.1, -0.05) is 12.8 Å². The van der Waals surface area contributed by atoms with Gasteiger partial charge in [0.05, 0.1) is 6.20 Å². The number of thiocarbonyl (C=S) groups is 1. The smallest absolute Gasteiger partial charge is 0.180 e. The zero-order valence-corrected chi connectivity index (χ0v) is 16.3. The molecule has 0 atom stereocenters. The number of fused-ring (bicyclic) bond motifs is 1. The van der Waals surface area contributed by atoms with Crippen molar-refractivity contribution in [1.29, 1.82) is 0 Å². The molecule has 0 unspecified atom stereocenters. The van der Waals surface area contributed by atoms with E-state index in [2.05, 4.69) is 44.5 Å². The lowest BCUT2D eigenvalue weighted by atomic mass is 10.3. The van der Waals surface area contributed by atoms with E-state index in [1.165, 1.54) is 25.7 Å². The van der Waals surface area contributed by atoms with Crippen LogP contribution < -0.4 is 10.6 Å². The van der Waals surface area contributed by atoms with Crippen LogP contribution in [0.3, 0.4) is 0 Å². The number of pyridine rings is 1. The molecule has 0 saturated heterocycles. The van der Waals surface area contributed by atoms with Gasteiger partial charge in [0, 0.05) is 18.3 Å². The van der Waals surface area contributed by atoms with E-state index in [9.17, 15) is 0 Å². The largest absolute Gasteiger partial charge is 0.360 e. The van der Waals surface area contributed by atoms with E-state index >= 15 is 0 Å². The Morgan fingerprint density at radius 3 is 2.70 bits per heavy atom. The second-order valence-electron chi connectivity index (χ2n) is 7.15. The molecule has 1 fully saturated rings. The maximum Gasteiger partial charge on any atom is 0.180 e. The number of hydrogen-bond donors (Lipinski definition) is 2. The quantitative estimate of drug-likeness (QED) is 0.667. The highest BCUT2D eigenvalue weighted by atomic mass is 32.1. The fraction of sp³-hybridized carbons (Fsp3) is 0.421. The predicted molar refractivity (Wildman–Crippen MR) is 111 cm³/mol. The van der Waals surface area contributed by atoms with Crippen LogP contribution in [0.5, 0.6) is 0 Å². The topological polar surface area (TPSA) is 80.5 Å². The average molecular weight is 382 g/mol. The zero-order valence-electron chi connectivity index (χ0n) is 15.5. The maximum atomic E-state index is 5.41. The van der Waals surface area contributed by atoms with Gasteiger partial charge < -0.3 is 10.6 Å². The van der Waals surface area contributed by atoms with Gasteiger partial charge in [-0.3, -0.25) is 9.67 Å². The number of rotatable bonds is 4. The highest BCUT2D eigenvalue weighted by Crippen LogP contribution is 2.20. The van der Waals surface area contributed by atoms with Crippen LogP contribution in [-0.2, 0) is 0 Å². The van der Waals surface area contributed by atoms with E-state index in [1.807, 2.05) is 29.1 Å². The number of nitrogens with one attached hydrogen (secondary N) is 2. The summed E-state index contributed by atoms with van der Waals surface area (Å²) in [6.07, 6.45) is 8.55. The summed E-state index contributed by atoms with van der Waals surface area (Å²) in [5.74, 6) is 0.664. The van der Waals surface area contributed by atoms with Crippen LogP contribution in [0, 0.1) is 0 Å². The second-order valence-corrected chi connectivity index (χ2v) is 7.56. The van der Waals surface area contributed by atoms with E-state index in [1.54, 1.807) is 6.20 Å². The van der Waals surface area contributed by atoms with Crippen molar-refractivity contribution in [2.75, 3.05) is 5.32 Å². The first kappa shape index (κ1) is 17.8. The van der Waals surface area contributed by atoms with Crippen LogP contribution in [0.15, 0.2) is 30.6 Å². The number of nitrogens with zero attached hydrogens (tertiary/aromatic N) is 5. The summed E-state index contributed by atoms with van der Waals surface area (Å²) in [7, 11) is 0. The summed E-state index contributed by atoms with van der Waals surface area (Å²) in [6.45, 7) is 4.18. The molecule has 0 radical (unpaired) electrons. The first-order valence-corrected chi connectivity index (χ1v) is 9.76. The number of hydrogen-bond acceptors (Lipinski definition) is 5. The Bertz CT molecular complexity index is 960. The molecule has 2 N–H and O–H groups in total. The Labute approximate surface area is 163 Å². The maximum absolute atomic E-state index is 5.41. The van der Waals surface area contributed by atoms with Gasteiger partial charge in [0.25, 0.3) is 0 Å². The highest BCUT2D eigenvalue weighted by molar-refractivity contribution is 7.80. The zero-order chi connectivity index (χ0) is 18.8. The van der Waals surface area contributed by atoms with Crippen molar-refractivity contribution < 1.29 is 0 Å². The Morgan fingerprint density at radius 1 is 1.15 bits per heavy atom. The summed E-state index contributed by atoms with van der Waals surface area (Å²) in [4.78, 5) is 13.7. The molecule has 3 heterocycles. The standard InChI is InChI=1S/C19H23N7S/c1-12(2)26-10-9-14(25-26)16-11-20-15-7-8-17(23-18(15)22-16)24-19(27)21-13-5-3-4-6-13/h7-13H,3-6H2,1-2H3,(H2,21,22,23,24,27). The van der Waals surface area contributed by atoms with Crippen LogP contribution >= 0.6 is 12.2 Å². The Kier molecular flexibility index (Phi) is 4.98. The Morgan fingerprint density at radius 2 is 1.96 bits per heavy atom. The van der Waals surface area contributed by atoms with Gasteiger partial charge >= 0.3 is 0 Å². The summed E-state index contributed by atoms with van der Waals surface area (Å²) in [6, 6.07) is 6.47. The SMILES string of the molecule is CC(C)n1ccc(-c2cnc3ccc(NC(=S)NC4CCCC4)nc3n2)n1. The highest BCUT2D eigenvalue weighted by Gasteiger charge is 2.16. The molecule has 1 aliphatic carbocycles. The Balaban J connectivity index is 1.54. The van der Waals surface area contributed by atoms with Gasteiger partial charge in [-0.05, 0) is 57.1 Å². The first-order valence-electron chi connectivity index (χ1n) is 9.35. The van der Waals surface area contributed by atoms with Crippen molar-refractivity contribution in [2.45, 2.75) is 51.6 Å². The van der Waals surface area contributed by atoms with E-state index < -0.39 is 0 Å². The predicted octanol–water partition coefficient (Wildman–Crippen LogP) is 3.70. The molecule has 4 rings (SSSR count). The Hall–Kier alpha value is -2.61. The molecule has 0 aromatic carbocycles. The van der Waals surface area contributed by atoms with Crippen molar-refractivity contribution in [3.63, 3.8) is 0 Å². The third-order valence-electron chi connectivity index (χ3n) is 4.74. The minimum absolute atomic E-state index is 0.300. The number of aromatic nitrogens is 5. The molecule has 0 bridgehead atoms. The normalized spacial score (nSPS) is 14.8. The molecule has 1 saturated carbocycles. The summed E-state index contributed by atoms with van der Waals surface area (Å²) >= 11 is 5.41. The molecule has 140 valence electrons.